The fourth-order valence-electron chi connectivity index (χ4n) is 4.18. The van der Waals surface area contributed by atoms with Crippen LogP contribution in [0.3, 0.4) is 0 Å². The van der Waals surface area contributed by atoms with Crippen molar-refractivity contribution in [1.29, 1.82) is 0 Å². The van der Waals surface area contributed by atoms with Gasteiger partial charge in [-0.15, -0.1) is 0 Å². The van der Waals surface area contributed by atoms with Gasteiger partial charge in [0.15, 0.2) is 16.7 Å². The van der Waals surface area contributed by atoms with Crippen molar-refractivity contribution in [2.75, 3.05) is 4.90 Å². The molecule has 2 aromatic heterocycles. The number of benzene rings is 2. The van der Waals surface area contributed by atoms with E-state index in [1.165, 1.54) is 22.3 Å². The van der Waals surface area contributed by atoms with Crippen LogP contribution in [-0.4, -0.2) is 21.8 Å². The number of halogens is 1. The van der Waals surface area contributed by atoms with Gasteiger partial charge in [-0.05, 0) is 67.8 Å². The van der Waals surface area contributed by atoms with E-state index in [0.717, 1.165) is 21.3 Å². The molecule has 0 fully saturated rings. The molecule has 1 aliphatic heterocycles. The number of nitrogens with zero attached hydrogens (tertiary/aromatic N) is 2. The number of aliphatic hydroxyl groups is 1. The Morgan fingerprint density at radius 2 is 1.94 bits per heavy atom. The number of aromatic nitrogens is 1. The Morgan fingerprint density at radius 3 is 2.64 bits per heavy atom. The molecule has 1 amide bonds. The third-order valence-corrected chi connectivity index (χ3v) is 6.84. The highest BCUT2D eigenvalue weighted by molar-refractivity contribution is 7.22. The first-order valence-corrected chi connectivity index (χ1v) is 11.4. The largest absolute Gasteiger partial charge is 0.503 e. The Balaban J connectivity index is 1.70. The Hall–Kier alpha value is -3.42. The summed E-state index contributed by atoms with van der Waals surface area (Å²) in [6, 6.07) is 13.2. The number of thiazole rings is 1. The summed E-state index contributed by atoms with van der Waals surface area (Å²) in [5, 5.41) is 11.7. The topological polar surface area (TPSA) is 83.6 Å². The average Bonchev–Trinajstić information content (AvgIpc) is 3.44. The zero-order valence-electron chi connectivity index (χ0n) is 18.0. The fraction of sp³-hybridized carbons (Fsp3) is 0.160. The van der Waals surface area contributed by atoms with Crippen molar-refractivity contribution in [2.24, 2.45) is 0 Å². The van der Waals surface area contributed by atoms with Crippen molar-refractivity contribution in [2.45, 2.75) is 26.8 Å². The van der Waals surface area contributed by atoms with Crippen LogP contribution in [0.25, 0.3) is 10.2 Å². The molecule has 8 heteroatoms. The normalized spacial score (nSPS) is 16.3. The summed E-state index contributed by atoms with van der Waals surface area (Å²) < 4.78 is 6.42. The van der Waals surface area contributed by atoms with E-state index in [4.69, 9.17) is 21.0 Å². The predicted molar refractivity (Wildman–Crippen MR) is 128 cm³/mol. The third-order valence-electron chi connectivity index (χ3n) is 5.61. The first-order chi connectivity index (χ1) is 15.7. The van der Waals surface area contributed by atoms with E-state index in [1.54, 1.807) is 37.3 Å². The van der Waals surface area contributed by atoms with Gasteiger partial charge in [-0.2, -0.15) is 0 Å². The average molecular weight is 479 g/mol. The van der Waals surface area contributed by atoms with E-state index in [1.807, 2.05) is 26.0 Å². The lowest BCUT2D eigenvalue weighted by molar-refractivity contribution is -0.117. The highest BCUT2D eigenvalue weighted by atomic mass is 35.5. The predicted octanol–water partition coefficient (Wildman–Crippen LogP) is 6.25. The van der Waals surface area contributed by atoms with Crippen LogP contribution < -0.4 is 4.90 Å². The van der Waals surface area contributed by atoms with E-state index >= 15 is 0 Å². The van der Waals surface area contributed by atoms with Crippen LogP contribution in [0.4, 0.5) is 5.13 Å². The number of ketones is 1. The van der Waals surface area contributed by atoms with Crippen LogP contribution in [0.2, 0.25) is 5.02 Å². The molecule has 0 bridgehead atoms. The lowest BCUT2D eigenvalue weighted by Crippen LogP contribution is -2.31. The molecular formula is C25H19ClN2O4S. The quantitative estimate of drug-likeness (QED) is 0.350. The number of Topliss-reactive ketones (excluding diaryl/α,β-unsaturated/α-hetero) is 1. The third kappa shape index (κ3) is 3.53. The first kappa shape index (κ1) is 21.4. The van der Waals surface area contributed by atoms with Crippen molar-refractivity contribution >= 4 is 50.0 Å². The SMILES string of the molecule is Cc1cc(C)c2nc(N3C(=O)C(O)=C(C(=O)c4ccc(C)o4)[C@H]3c3cccc(Cl)c3)sc2c1. The molecular weight excluding hydrogens is 460 g/mol. The van der Waals surface area contributed by atoms with Gasteiger partial charge in [-0.1, -0.05) is 41.1 Å². The smallest absolute Gasteiger partial charge is 0.296 e. The lowest BCUT2D eigenvalue weighted by Gasteiger charge is -2.24. The van der Waals surface area contributed by atoms with Crippen LogP contribution in [-0.2, 0) is 4.79 Å². The maximum Gasteiger partial charge on any atom is 0.296 e. The molecule has 0 spiro atoms. The van der Waals surface area contributed by atoms with Gasteiger partial charge in [-0.25, -0.2) is 4.98 Å². The van der Waals surface area contributed by atoms with Gasteiger partial charge >= 0.3 is 0 Å². The number of hydrogen-bond acceptors (Lipinski definition) is 6. The second kappa shape index (κ2) is 7.86. The second-order valence-corrected chi connectivity index (χ2v) is 9.50. The number of amides is 1. The Kier molecular flexibility index (Phi) is 5.11. The minimum Gasteiger partial charge on any atom is -0.503 e. The zero-order chi connectivity index (χ0) is 23.4. The Morgan fingerprint density at radius 1 is 1.15 bits per heavy atom. The van der Waals surface area contributed by atoms with Crippen molar-refractivity contribution in [3.63, 3.8) is 0 Å². The summed E-state index contributed by atoms with van der Waals surface area (Å²) >= 11 is 7.57. The van der Waals surface area contributed by atoms with Crippen molar-refractivity contribution in [3.05, 3.63) is 93.1 Å². The maximum atomic E-state index is 13.4. The summed E-state index contributed by atoms with van der Waals surface area (Å²) in [7, 11) is 0. The van der Waals surface area contributed by atoms with E-state index < -0.39 is 23.5 Å². The number of anilines is 1. The van der Waals surface area contributed by atoms with Crippen molar-refractivity contribution in [3.8, 4) is 0 Å². The van der Waals surface area contributed by atoms with Gasteiger partial charge in [0.2, 0.25) is 5.78 Å². The number of hydrogen-bond donors (Lipinski definition) is 1. The number of aryl methyl sites for hydroxylation is 3. The van der Waals surface area contributed by atoms with Crippen LogP contribution >= 0.6 is 22.9 Å². The molecule has 5 rings (SSSR count). The molecule has 1 N–H and O–H groups in total. The summed E-state index contributed by atoms with van der Waals surface area (Å²) in [4.78, 5) is 32.8. The molecule has 0 unspecified atom stereocenters. The number of furan rings is 1. The number of carbonyl (C=O) groups excluding carboxylic acids is 2. The minimum absolute atomic E-state index is 0.0477. The molecule has 1 atom stereocenters. The zero-order valence-corrected chi connectivity index (χ0v) is 19.6. The molecule has 4 aromatic rings. The first-order valence-electron chi connectivity index (χ1n) is 10.3. The van der Waals surface area contributed by atoms with Crippen LogP contribution in [0.15, 0.2) is 64.3 Å². The highest BCUT2D eigenvalue weighted by Crippen LogP contribution is 2.45. The van der Waals surface area contributed by atoms with E-state index in [2.05, 4.69) is 0 Å². The summed E-state index contributed by atoms with van der Waals surface area (Å²) in [6.45, 7) is 5.68. The second-order valence-electron chi connectivity index (χ2n) is 8.06. The van der Waals surface area contributed by atoms with E-state index in [9.17, 15) is 14.7 Å². The molecule has 6 nitrogen and oxygen atoms in total. The summed E-state index contributed by atoms with van der Waals surface area (Å²) in [6.07, 6.45) is 0. The van der Waals surface area contributed by atoms with Gasteiger partial charge in [0.05, 0.1) is 21.8 Å². The number of aliphatic hydroxyl groups excluding tert-OH is 1. The molecule has 3 heterocycles. The van der Waals surface area contributed by atoms with Crippen LogP contribution in [0.1, 0.15) is 39.0 Å². The number of rotatable bonds is 4. The monoisotopic (exact) mass is 478 g/mol. The van der Waals surface area contributed by atoms with Gasteiger partial charge in [0.1, 0.15) is 5.76 Å². The van der Waals surface area contributed by atoms with Crippen LogP contribution in [0.5, 0.6) is 0 Å². The molecule has 0 radical (unpaired) electrons. The van der Waals surface area contributed by atoms with Gasteiger partial charge in [0.25, 0.3) is 5.91 Å². The maximum absolute atomic E-state index is 13.4. The molecule has 0 aliphatic carbocycles. The molecule has 0 saturated carbocycles. The Bertz CT molecular complexity index is 1480. The molecule has 0 saturated heterocycles. The lowest BCUT2D eigenvalue weighted by atomic mass is 9.95. The summed E-state index contributed by atoms with van der Waals surface area (Å²) in [5.41, 5.74) is 3.36. The number of fused-ring (bicyclic) bond motifs is 1. The van der Waals surface area contributed by atoms with Crippen molar-refractivity contribution in [1.82, 2.24) is 4.98 Å². The Labute approximate surface area is 198 Å². The standard InChI is InChI=1S/C25H19ClN2O4S/c1-12-9-13(2)20-18(10-12)33-25(27-20)28-21(15-5-4-6-16(26)11-15)19(23(30)24(28)31)22(29)17-8-7-14(3)32-17/h4-11,21,30H,1-3H3/t21-/m1/s1. The van der Waals surface area contributed by atoms with E-state index in [-0.39, 0.29) is 11.3 Å². The van der Waals surface area contributed by atoms with Crippen LogP contribution in [0, 0.1) is 20.8 Å². The highest BCUT2D eigenvalue weighted by Gasteiger charge is 2.46. The fourth-order valence-corrected chi connectivity index (χ4v) is 5.54. The molecule has 166 valence electrons. The molecule has 33 heavy (non-hydrogen) atoms. The molecule has 1 aliphatic rings. The van der Waals surface area contributed by atoms with Gasteiger partial charge in [0, 0.05) is 5.02 Å². The number of carbonyl (C=O) groups is 2. The summed E-state index contributed by atoms with van der Waals surface area (Å²) in [5.74, 6) is -1.27. The minimum atomic E-state index is -0.906. The van der Waals surface area contributed by atoms with E-state index in [0.29, 0.717) is 21.5 Å². The van der Waals surface area contributed by atoms with Gasteiger partial charge in [-0.3, -0.25) is 14.5 Å². The molecule has 2 aromatic carbocycles. The van der Waals surface area contributed by atoms with Gasteiger partial charge < -0.3 is 9.52 Å². The van der Waals surface area contributed by atoms with Crippen molar-refractivity contribution < 1.29 is 19.1 Å².